The Labute approximate surface area is 91.5 Å². The molecule has 0 fully saturated rings. The van der Waals surface area contributed by atoms with E-state index in [-0.39, 0.29) is 0 Å². The summed E-state index contributed by atoms with van der Waals surface area (Å²) in [4.78, 5) is 0. The molecule has 0 saturated heterocycles. The summed E-state index contributed by atoms with van der Waals surface area (Å²) in [6, 6.07) is 6.56. The first-order chi connectivity index (χ1) is 6.65. The molecule has 0 aliphatic carbocycles. The third-order valence-corrected chi connectivity index (χ3v) is 2.65. The van der Waals surface area contributed by atoms with Crippen molar-refractivity contribution in [2.24, 2.45) is 0 Å². The molecule has 0 radical (unpaired) electrons. The quantitative estimate of drug-likeness (QED) is 0.801. The van der Waals surface area contributed by atoms with Gasteiger partial charge in [0.1, 0.15) is 0 Å². The summed E-state index contributed by atoms with van der Waals surface area (Å²) in [6.45, 7) is 7.40. The second-order valence-corrected chi connectivity index (χ2v) is 4.11. The van der Waals surface area contributed by atoms with Crippen molar-refractivity contribution in [2.45, 2.75) is 33.2 Å². The standard InChI is InChI=1S/C12H18ClN/c1-4-7-14-10(3)11-6-5-9(2)8-12(11)13/h5-6,8,10,14H,4,7H2,1-3H3. The van der Waals surface area contributed by atoms with Crippen molar-refractivity contribution in [1.29, 1.82) is 0 Å². The molecule has 1 atom stereocenters. The zero-order chi connectivity index (χ0) is 10.6. The van der Waals surface area contributed by atoms with E-state index in [0.717, 1.165) is 18.0 Å². The average Bonchev–Trinajstić information content (AvgIpc) is 2.14. The molecule has 78 valence electrons. The third kappa shape index (κ3) is 3.00. The number of halogens is 1. The SMILES string of the molecule is CCCNC(C)c1ccc(C)cc1Cl. The van der Waals surface area contributed by atoms with E-state index in [4.69, 9.17) is 11.6 Å². The van der Waals surface area contributed by atoms with Crippen molar-refractivity contribution in [3.8, 4) is 0 Å². The minimum absolute atomic E-state index is 0.336. The number of nitrogens with one attached hydrogen (secondary N) is 1. The minimum atomic E-state index is 0.336. The smallest absolute Gasteiger partial charge is 0.0456 e. The van der Waals surface area contributed by atoms with Crippen LogP contribution in [0.5, 0.6) is 0 Å². The molecule has 1 unspecified atom stereocenters. The van der Waals surface area contributed by atoms with Crippen LogP contribution in [-0.4, -0.2) is 6.54 Å². The number of aryl methyl sites for hydroxylation is 1. The number of hydrogen-bond acceptors (Lipinski definition) is 1. The summed E-state index contributed by atoms with van der Waals surface area (Å²) in [7, 11) is 0. The average molecular weight is 212 g/mol. The van der Waals surface area contributed by atoms with Crippen LogP contribution in [0.25, 0.3) is 0 Å². The predicted octanol–water partition coefficient (Wildman–Crippen LogP) is 3.71. The Balaban J connectivity index is 2.74. The third-order valence-electron chi connectivity index (χ3n) is 2.32. The monoisotopic (exact) mass is 211 g/mol. The van der Waals surface area contributed by atoms with Gasteiger partial charge in [0.05, 0.1) is 0 Å². The maximum Gasteiger partial charge on any atom is 0.0456 e. The maximum atomic E-state index is 6.16. The van der Waals surface area contributed by atoms with E-state index in [1.54, 1.807) is 0 Å². The van der Waals surface area contributed by atoms with Crippen LogP contribution < -0.4 is 5.32 Å². The first kappa shape index (κ1) is 11.5. The molecule has 0 spiro atoms. The highest BCUT2D eigenvalue weighted by molar-refractivity contribution is 6.31. The van der Waals surface area contributed by atoms with Gasteiger partial charge in [0, 0.05) is 11.1 Å². The van der Waals surface area contributed by atoms with Gasteiger partial charge in [-0.2, -0.15) is 0 Å². The van der Waals surface area contributed by atoms with Crippen LogP contribution in [0.4, 0.5) is 0 Å². The molecule has 0 aliphatic rings. The summed E-state index contributed by atoms with van der Waals surface area (Å²) in [5.41, 5.74) is 2.40. The lowest BCUT2D eigenvalue weighted by atomic mass is 10.1. The summed E-state index contributed by atoms with van der Waals surface area (Å²) in [5, 5.41) is 4.29. The van der Waals surface area contributed by atoms with E-state index in [9.17, 15) is 0 Å². The van der Waals surface area contributed by atoms with Gasteiger partial charge in [-0.25, -0.2) is 0 Å². The molecule has 2 heteroatoms. The second kappa shape index (κ2) is 5.38. The molecule has 1 nitrogen and oxygen atoms in total. The maximum absolute atomic E-state index is 6.16. The van der Waals surface area contributed by atoms with E-state index < -0.39 is 0 Å². The fourth-order valence-corrected chi connectivity index (χ4v) is 1.85. The summed E-state index contributed by atoms with van der Waals surface area (Å²) >= 11 is 6.16. The Kier molecular flexibility index (Phi) is 4.43. The molecule has 14 heavy (non-hydrogen) atoms. The molecule has 0 bridgehead atoms. The molecule has 1 aromatic rings. The largest absolute Gasteiger partial charge is 0.310 e. The Morgan fingerprint density at radius 2 is 2.14 bits per heavy atom. The van der Waals surface area contributed by atoms with Crippen LogP contribution in [0.1, 0.15) is 37.4 Å². The number of rotatable bonds is 4. The zero-order valence-corrected chi connectivity index (χ0v) is 9.86. The molecule has 1 aromatic carbocycles. The molecule has 1 rings (SSSR count). The van der Waals surface area contributed by atoms with Gasteiger partial charge in [-0.3, -0.25) is 0 Å². The molecule has 0 aromatic heterocycles. The zero-order valence-electron chi connectivity index (χ0n) is 9.10. The van der Waals surface area contributed by atoms with E-state index in [2.05, 4.69) is 38.2 Å². The Morgan fingerprint density at radius 3 is 2.71 bits per heavy atom. The highest BCUT2D eigenvalue weighted by Gasteiger charge is 2.07. The van der Waals surface area contributed by atoms with Crippen LogP contribution in [0.15, 0.2) is 18.2 Å². The highest BCUT2D eigenvalue weighted by Crippen LogP contribution is 2.23. The topological polar surface area (TPSA) is 12.0 Å². The lowest BCUT2D eigenvalue weighted by molar-refractivity contribution is 0.571. The van der Waals surface area contributed by atoms with Gasteiger partial charge in [0.2, 0.25) is 0 Å². The molecular formula is C12H18ClN. The van der Waals surface area contributed by atoms with E-state index >= 15 is 0 Å². The van der Waals surface area contributed by atoms with E-state index in [0.29, 0.717) is 6.04 Å². The second-order valence-electron chi connectivity index (χ2n) is 3.70. The molecular weight excluding hydrogens is 194 g/mol. The molecule has 0 saturated carbocycles. The molecule has 0 amide bonds. The fraction of sp³-hybridized carbons (Fsp3) is 0.500. The lowest BCUT2D eigenvalue weighted by Gasteiger charge is -2.15. The van der Waals surface area contributed by atoms with Crippen molar-refractivity contribution < 1.29 is 0 Å². The van der Waals surface area contributed by atoms with Gasteiger partial charge in [-0.1, -0.05) is 30.7 Å². The molecule has 1 N–H and O–H groups in total. The Hall–Kier alpha value is -0.530. The van der Waals surface area contributed by atoms with Gasteiger partial charge in [0.15, 0.2) is 0 Å². The predicted molar refractivity (Wildman–Crippen MR) is 62.9 cm³/mol. The van der Waals surface area contributed by atoms with Gasteiger partial charge >= 0.3 is 0 Å². The fourth-order valence-electron chi connectivity index (χ4n) is 1.45. The van der Waals surface area contributed by atoms with Crippen molar-refractivity contribution in [3.05, 3.63) is 34.3 Å². The number of hydrogen-bond donors (Lipinski definition) is 1. The minimum Gasteiger partial charge on any atom is -0.310 e. The first-order valence-electron chi connectivity index (χ1n) is 5.14. The highest BCUT2D eigenvalue weighted by atomic mass is 35.5. The van der Waals surface area contributed by atoms with Gasteiger partial charge < -0.3 is 5.32 Å². The van der Waals surface area contributed by atoms with Crippen LogP contribution in [0, 0.1) is 6.92 Å². The van der Waals surface area contributed by atoms with Gasteiger partial charge in [0.25, 0.3) is 0 Å². The van der Waals surface area contributed by atoms with Gasteiger partial charge in [-0.05, 0) is 44.0 Å². The summed E-state index contributed by atoms with van der Waals surface area (Å²) < 4.78 is 0. The molecule has 0 aliphatic heterocycles. The van der Waals surface area contributed by atoms with Gasteiger partial charge in [-0.15, -0.1) is 0 Å². The van der Waals surface area contributed by atoms with Crippen LogP contribution in [-0.2, 0) is 0 Å². The van der Waals surface area contributed by atoms with Crippen molar-refractivity contribution in [2.75, 3.05) is 6.54 Å². The van der Waals surface area contributed by atoms with E-state index in [1.807, 2.05) is 6.07 Å². The number of benzene rings is 1. The van der Waals surface area contributed by atoms with Crippen molar-refractivity contribution in [3.63, 3.8) is 0 Å². The molecule has 0 heterocycles. The normalized spacial score (nSPS) is 12.9. The Morgan fingerprint density at radius 1 is 1.43 bits per heavy atom. The summed E-state index contributed by atoms with van der Waals surface area (Å²) in [5.74, 6) is 0. The summed E-state index contributed by atoms with van der Waals surface area (Å²) in [6.07, 6.45) is 1.15. The van der Waals surface area contributed by atoms with Crippen molar-refractivity contribution >= 4 is 11.6 Å². The first-order valence-corrected chi connectivity index (χ1v) is 5.52. The van der Waals surface area contributed by atoms with E-state index in [1.165, 1.54) is 11.1 Å². The van der Waals surface area contributed by atoms with Crippen molar-refractivity contribution in [1.82, 2.24) is 5.32 Å². The van der Waals surface area contributed by atoms with Crippen LogP contribution in [0.3, 0.4) is 0 Å². The Bertz CT molecular complexity index is 296. The van der Waals surface area contributed by atoms with Crippen LogP contribution in [0.2, 0.25) is 5.02 Å². The lowest BCUT2D eigenvalue weighted by Crippen LogP contribution is -2.19. The van der Waals surface area contributed by atoms with Crippen LogP contribution >= 0.6 is 11.6 Å².